The van der Waals surface area contributed by atoms with E-state index in [1.807, 2.05) is 4.90 Å². The summed E-state index contributed by atoms with van der Waals surface area (Å²) in [7, 11) is 0. The quantitative estimate of drug-likeness (QED) is 0.480. The molecule has 0 radical (unpaired) electrons. The second kappa shape index (κ2) is 4.11. The summed E-state index contributed by atoms with van der Waals surface area (Å²) in [5, 5.41) is 7.50. The molecule has 62 valence electrons. The van der Waals surface area contributed by atoms with Gasteiger partial charge in [0.05, 0.1) is 12.2 Å². The average Bonchev–Trinajstić information content (AvgIpc) is 2.52. The van der Waals surface area contributed by atoms with Gasteiger partial charge in [-0.1, -0.05) is 0 Å². The number of hydrogen-bond acceptors (Lipinski definition) is 1. The fourth-order valence-electron chi connectivity index (χ4n) is 1.27. The van der Waals surface area contributed by atoms with Crippen molar-refractivity contribution in [2.24, 2.45) is 0 Å². The average molecular weight is 156 g/mol. The SMILES string of the molecule is N=C(C/C=C/F)N1CCCC1. The van der Waals surface area contributed by atoms with Crippen LogP contribution in [-0.2, 0) is 0 Å². The number of likely N-dealkylation sites (tertiary alicyclic amines) is 1. The minimum absolute atomic E-state index is 0.427. The smallest absolute Gasteiger partial charge is 0.0997 e. The minimum Gasteiger partial charge on any atom is -0.360 e. The Bertz CT molecular complexity index is 159. The number of amidine groups is 1. The summed E-state index contributed by atoms with van der Waals surface area (Å²) in [6, 6.07) is 0. The van der Waals surface area contributed by atoms with Crippen LogP contribution in [0.15, 0.2) is 12.4 Å². The highest BCUT2D eigenvalue weighted by Crippen LogP contribution is 2.09. The van der Waals surface area contributed by atoms with E-state index in [2.05, 4.69) is 0 Å². The molecule has 1 aliphatic rings. The lowest BCUT2D eigenvalue weighted by Crippen LogP contribution is -2.26. The van der Waals surface area contributed by atoms with Crippen molar-refractivity contribution in [1.82, 2.24) is 4.90 Å². The molecule has 0 unspecified atom stereocenters. The fraction of sp³-hybridized carbons (Fsp3) is 0.625. The topological polar surface area (TPSA) is 27.1 Å². The number of rotatable bonds is 2. The third-order valence-corrected chi connectivity index (χ3v) is 1.89. The van der Waals surface area contributed by atoms with Crippen LogP contribution in [-0.4, -0.2) is 23.8 Å². The van der Waals surface area contributed by atoms with Crippen LogP contribution < -0.4 is 0 Å². The first kappa shape index (κ1) is 8.24. The fourth-order valence-corrected chi connectivity index (χ4v) is 1.27. The first-order valence-corrected chi connectivity index (χ1v) is 3.92. The predicted molar refractivity (Wildman–Crippen MR) is 43.4 cm³/mol. The molecule has 0 aromatic carbocycles. The Morgan fingerprint density at radius 2 is 2.09 bits per heavy atom. The van der Waals surface area contributed by atoms with E-state index >= 15 is 0 Å². The monoisotopic (exact) mass is 156 g/mol. The van der Waals surface area contributed by atoms with Crippen LogP contribution in [0, 0.1) is 5.41 Å². The summed E-state index contributed by atoms with van der Waals surface area (Å²) < 4.78 is 11.5. The molecule has 0 saturated carbocycles. The van der Waals surface area contributed by atoms with E-state index in [-0.39, 0.29) is 0 Å². The summed E-state index contributed by atoms with van der Waals surface area (Å²) in [6.07, 6.45) is 4.64. The van der Waals surface area contributed by atoms with Gasteiger partial charge in [-0.25, -0.2) is 4.39 Å². The molecule has 2 nitrogen and oxygen atoms in total. The lowest BCUT2D eigenvalue weighted by molar-refractivity contribution is 0.507. The molecule has 11 heavy (non-hydrogen) atoms. The predicted octanol–water partition coefficient (Wildman–Crippen LogP) is 1.93. The number of halogens is 1. The van der Waals surface area contributed by atoms with Crippen LogP contribution in [0.2, 0.25) is 0 Å². The van der Waals surface area contributed by atoms with Crippen molar-refractivity contribution in [2.45, 2.75) is 19.3 Å². The Hall–Kier alpha value is -0.860. The van der Waals surface area contributed by atoms with Gasteiger partial charge in [-0.05, 0) is 18.9 Å². The zero-order valence-corrected chi connectivity index (χ0v) is 6.52. The molecule has 0 spiro atoms. The van der Waals surface area contributed by atoms with Crippen molar-refractivity contribution in [3.63, 3.8) is 0 Å². The van der Waals surface area contributed by atoms with Gasteiger partial charge in [0.2, 0.25) is 0 Å². The molecule has 0 atom stereocenters. The number of hydrogen-bond donors (Lipinski definition) is 1. The van der Waals surface area contributed by atoms with Crippen LogP contribution in [0.5, 0.6) is 0 Å². The highest BCUT2D eigenvalue weighted by atomic mass is 19.1. The summed E-state index contributed by atoms with van der Waals surface area (Å²) in [4.78, 5) is 2.00. The van der Waals surface area contributed by atoms with Gasteiger partial charge in [0.15, 0.2) is 0 Å². The second-order valence-electron chi connectivity index (χ2n) is 2.71. The molecular formula is C8H13FN2. The van der Waals surface area contributed by atoms with Gasteiger partial charge in [0.1, 0.15) is 0 Å². The van der Waals surface area contributed by atoms with Gasteiger partial charge in [0, 0.05) is 19.5 Å². The van der Waals surface area contributed by atoms with Gasteiger partial charge in [-0.15, -0.1) is 0 Å². The van der Waals surface area contributed by atoms with E-state index in [4.69, 9.17) is 5.41 Å². The highest BCUT2D eigenvalue weighted by Gasteiger charge is 2.12. The Labute approximate surface area is 66.2 Å². The maximum atomic E-state index is 11.5. The summed E-state index contributed by atoms with van der Waals surface area (Å²) in [6.45, 7) is 1.94. The molecule has 0 aromatic rings. The van der Waals surface area contributed by atoms with E-state index in [0.717, 1.165) is 13.1 Å². The van der Waals surface area contributed by atoms with Gasteiger partial charge >= 0.3 is 0 Å². The Kier molecular flexibility index (Phi) is 3.08. The van der Waals surface area contributed by atoms with Crippen LogP contribution in [0.25, 0.3) is 0 Å². The molecule has 1 fully saturated rings. The molecule has 0 aromatic heterocycles. The van der Waals surface area contributed by atoms with E-state index in [1.165, 1.54) is 18.9 Å². The third-order valence-electron chi connectivity index (χ3n) is 1.89. The second-order valence-corrected chi connectivity index (χ2v) is 2.71. The molecule has 1 rings (SSSR count). The Morgan fingerprint density at radius 1 is 1.45 bits per heavy atom. The minimum atomic E-state index is 0.427. The van der Waals surface area contributed by atoms with Crippen LogP contribution in [0.4, 0.5) is 4.39 Å². The van der Waals surface area contributed by atoms with Gasteiger partial charge in [-0.2, -0.15) is 0 Å². The lowest BCUT2D eigenvalue weighted by Gasteiger charge is -2.16. The van der Waals surface area contributed by atoms with E-state index in [1.54, 1.807) is 0 Å². The van der Waals surface area contributed by atoms with Crippen LogP contribution in [0.1, 0.15) is 19.3 Å². The largest absolute Gasteiger partial charge is 0.360 e. The van der Waals surface area contributed by atoms with Crippen molar-refractivity contribution in [1.29, 1.82) is 5.41 Å². The first-order chi connectivity index (χ1) is 5.34. The molecule has 1 N–H and O–H groups in total. The van der Waals surface area contributed by atoms with Gasteiger partial charge in [0.25, 0.3) is 0 Å². The van der Waals surface area contributed by atoms with Crippen molar-refractivity contribution in [3.05, 3.63) is 12.4 Å². The first-order valence-electron chi connectivity index (χ1n) is 3.92. The highest BCUT2D eigenvalue weighted by molar-refractivity contribution is 5.80. The van der Waals surface area contributed by atoms with Crippen molar-refractivity contribution >= 4 is 5.84 Å². The van der Waals surface area contributed by atoms with Gasteiger partial charge < -0.3 is 4.90 Å². The third kappa shape index (κ3) is 2.33. The number of nitrogens with one attached hydrogen (secondary N) is 1. The zero-order chi connectivity index (χ0) is 8.10. The summed E-state index contributed by atoms with van der Waals surface area (Å²) in [5.74, 6) is 0.538. The molecule has 1 saturated heterocycles. The maximum absolute atomic E-state index is 11.5. The van der Waals surface area contributed by atoms with Crippen molar-refractivity contribution in [2.75, 3.05) is 13.1 Å². The van der Waals surface area contributed by atoms with E-state index < -0.39 is 0 Å². The van der Waals surface area contributed by atoms with E-state index in [0.29, 0.717) is 18.6 Å². The number of nitrogens with zero attached hydrogens (tertiary/aromatic N) is 1. The molecule has 3 heteroatoms. The molecule has 0 amide bonds. The molecule has 1 aliphatic heterocycles. The summed E-state index contributed by atoms with van der Waals surface area (Å²) >= 11 is 0. The van der Waals surface area contributed by atoms with Crippen LogP contribution in [0.3, 0.4) is 0 Å². The maximum Gasteiger partial charge on any atom is 0.0997 e. The zero-order valence-electron chi connectivity index (χ0n) is 6.52. The molecule has 0 aliphatic carbocycles. The Balaban J connectivity index is 2.28. The van der Waals surface area contributed by atoms with Crippen molar-refractivity contribution in [3.8, 4) is 0 Å². The lowest BCUT2D eigenvalue weighted by atomic mass is 10.3. The van der Waals surface area contributed by atoms with Crippen molar-refractivity contribution < 1.29 is 4.39 Å². The molecular weight excluding hydrogens is 143 g/mol. The van der Waals surface area contributed by atoms with Crippen LogP contribution >= 0.6 is 0 Å². The normalized spacial score (nSPS) is 18.1. The molecule has 1 heterocycles. The Morgan fingerprint density at radius 3 is 2.64 bits per heavy atom. The standard InChI is InChI=1S/C8H13FN2/c9-5-3-4-8(10)11-6-1-2-7-11/h3,5,10H,1-2,4,6-7H2/b5-3+,10-8?. The molecule has 0 bridgehead atoms. The summed E-state index contributed by atoms with van der Waals surface area (Å²) in [5.41, 5.74) is 0. The van der Waals surface area contributed by atoms with E-state index in [9.17, 15) is 4.39 Å². The van der Waals surface area contributed by atoms with Gasteiger partial charge in [-0.3, -0.25) is 5.41 Å².